The van der Waals surface area contributed by atoms with Crippen LogP contribution >= 0.6 is 11.5 Å². The van der Waals surface area contributed by atoms with Gasteiger partial charge in [-0.05, 0) is 29.6 Å². The minimum Gasteiger partial charge on any atom is -0.330 e. The fourth-order valence-corrected chi connectivity index (χ4v) is 3.33. The van der Waals surface area contributed by atoms with E-state index in [4.69, 9.17) is 5.73 Å². The Morgan fingerprint density at radius 3 is 2.79 bits per heavy atom. The third kappa shape index (κ3) is 2.83. The third-order valence-corrected chi connectivity index (χ3v) is 4.39. The molecule has 1 saturated heterocycles. The zero-order valence-corrected chi connectivity index (χ0v) is 11.6. The summed E-state index contributed by atoms with van der Waals surface area (Å²) in [7, 11) is 0. The second-order valence-corrected chi connectivity index (χ2v) is 5.71. The lowest BCUT2D eigenvalue weighted by Gasteiger charge is -2.16. The van der Waals surface area contributed by atoms with Gasteiger partial charge in [-0.1, -0.05) is 34.8 Å². The highest BCUT2D eigenvalue weighted by Gasteiger charge is 2.32. The Bertz CT molecular complexity index is 499. The summed E-state index contributed by atoms with van der Waals surface area (Å²) in [5.74, 6) is 1.08. The van der Waals surface area contributed by atoms with E-state index in [1.54, 1.807) is 0 Å². The van der Waals surface area contributed by atoms with E-state index in [1.807, 2.05) is 5.38 Å². The second kappa shape index (κ2) is 5.77. The Balaban J connectivity index is 1.72. The molecule has 1 fully saturated rings. The van der Waals surface area contributed by atoms with Crippen LogP contribution in [0.5, 0.6) is 0 Å². The average Bonchev–Trinajstić information content (AvgIpc) is 3.09. The van der Waals surface area contributed by atoms with Crippen molar-refractivity contribution in [3.8, 4) is 0 Å². The highest BCUT2D eigenvalue weighted by Crippen LogP contribution is 2.32. The summed E-state index contributed by atoms with van der Waals surface area (Å²) in [6, 6.07) is 10.7. The Labute approximate surface area is 117 Å². The molecule has 1 aliphatic rings. The van der Waals surface area contributed by atoms with Crippen molar-refractivity contribution >= 4 is 11.5 Å². The van der Waals surface area contributed by atoms with E-state index in [9.17, 15) is 0 Å². The van der Waals surface area contributed by atoms with Crippen LogP contribution in [0.1, 0.15) is 17.2 Å². The van der Waals surface area contributed by atoms with Gasteiger partial charge < -0.3 is 5.73 Å². The van der Waals surface area contributed by atoms with Crippen LogP contribution in [0.15, 0.2) is 35.7 Å². The van der Waals surface area contributed by atoms with Gasteiger partial charge in [0, 0.05) is 30.9 Å². The van der Waals surface area contributed by atoms with Gasteiger partial charge >= 0.3 is 0 Å². The summed E-state index contributed by atoms with van der Waals surface area (Å²) in [5, 5.41) is 6.15. The number of nitrogens with zero attached hydrogens (tertiary/aromatic N) is 3. The number of benzene rings is 1. The Morgan fingerprint density at radius 1 is 1.26 bits per heavy atom. The summed E-state index contributed by atoms with van der Waals surface area (Å²) in [5.41, 5.74) is 8.41. The molecule has 1 aromatic heterocycles. The van der Waals surface area contributed by atoms with Gasteiger partial charge in [0.2, 0.25) is 0 Å². The van der Waals surface area contributed by atoms with Crippen LogP contribution < -0.4 is 5.73 Å². The second-order valence-electron chi connectivity index (χ2n) is 5.10. The molecule has 1 aliphatic heterocycles. The third-order valence-electron chi connectivity index (χ3n) is 3.84. The number of rotatable bonds is 4. The molecule has 2 atom stereocenters. The highest BCUT2D eigenvalue weighted by atomic mass is 32.1. The maximum Gasteiger partial charge on any atom is 0.0895 e. The van der Waals surface area contributed by atoms with E-state index in [2.05, 4.69) is 44.8 Å². The van der Waals surface area contributed by atoms with Gasteiger partial charge in [-0.2, -0.15) is 0 Å². The van der Waals surface area contributed by atoms with Crippen molar-refractivity contribution in [2.24, 2.45) is 11.7 Å². The van der Waals surface area contributed by atoms with Crippen molar-refractivity contribution < 1.29 is 0 Å². The predicted octanol–water partition coefficient (Wildman–Crippen LogP) is 1.71. The lowest BCUT2D eigenvalue weighted by atomic mass is 9.89. The van der Waals surface area contributed by atoms with Crippen LogP contribution in [-0.4, -0.2) is 34.1 Å². The molecule has 0 spiro atoms. The van der Waals surface area contributed by atoms with Crippen molar-refractivity contribution in [1.82, 2.24) is 14.5 Å². The Hall–Kier alpha value is -1.30. The van der Waals surface area contributed by atoms with Gasteiger partial charge in [0.05, 0.1) is 5.69 Å². The molecule has 0 saturated carbocycles. The SMILES string of the molecule is NC[C@@H]1CN(Cc2csnn2)C[C@H]1c1ccccc1. The molecular weight excluding hydrogens is 256 g/mol. The summed E-state index contributed by atoms with van der Waals surface area (Å²) >= 11 is 1.41. The van der Waals surface area contributed by atoms with E-state index < -0.39 is 0 Å². The number of hydrogen-bond donors (Lipinski definition) is 1. The van der Waals surface area contributed by atoms with Crippen LogP contribution in [-0.2, 0) is 6.54 Å². The summed E-state index contributed by atoms with van der Waals surface area (Å²) in [6.07, 6.45) is 0. The molecule has 2 aromatic rings. The Morgan fingerprint density at radius 2 is 2.11 bits per heavy atom. The normalized spacial score (nSPS) is 23.8. The number of aromatic nitrogens is 2. The molecule has 1 aromatic carbocycles. The zero-order chi connectivity index (χ0) is 13.1. The van der Waals surface area contributed by atoms with Gasteiger partial charge in [-0.15, -0.1) is 5.10 Å². The maximum absolute atomic E-state index is 5.94. The van der Waals surface area contributed by atoms with E-state index in [0.717, 1.165) is 31.9 Å². The molecule has 2 N–H and O–H groups in total. The molecule has 19 heavy (non-hydrogen) atoms. The van der Waals surface area contributed by atoms with Crippen molar-refractivity contribution in [2.45, 2.75) is 12.5 Å². The lowest BCUT2D eigenvalue weighted by Crippen LogP contribution is -2.23. The van der Waals surface area contributed by atoms with Crippen LogP contribution in [0.2, 0.25) is 0 Å². The van der Waals surface area contributed by atoms with Crippen LogP contribution in [0.25, 0.3) is 0 Å². The van der Waals surface area contributed by atoms with Gasteiger partial charge in [0.1, 0.15) is 0 Å². The summed E-state index contributed by atoms with van der Waals surface area (Å²) in [6.45, 7) is 3.73. The molecule has 0 unspecified atom stereocenters. The lowest BCUT2D eigenvalue weighted by molar-refractivity contribution is 0.313. The van der Waals surface area contributed by atoms with Crippen molar-refractivity contribution in [1.29, 1.82) is 0 Å². The topological polar surface area (TPSA) is 55.0 Å². The molecule has 5 heteroatoms. The largest absolute Gasteiger partial charge is 0.330 e. The molecule has 2 heterocycles. The molecule has 0 radical (unpaired) electrons. The minimum atomic E-state index is 0.536. The Kier molecular flexibility index (Phi) is 3.87. The molecule has 4 nitrogen and oxygen atoms in total. The van der Waals surface area contributed by atoms with Crippen molar-refractivity contribution in [3.63, 3.8) is 0 Å². The average molecular weight is 274 g/mol. The molecule has 3 rings (SSSR count). The monoisotopic (exact) mass is 274 g/mol. The number of hydrogen-bond acceptors (Lipinski definition) is 5. The first kappa shape index (κ1) is 12.7. The van der Waals surface area contributed by atoms with Gasteiger partial charge in [0.25, 0.3) is 0 Å². The van der Waals surface area contributed by atoms with Crippen LogP contribution in [0.3, 0.4) is 0 Å². The van der Waals surface area contributed by atoms with E-state index in [0.29, 0.717) is 11.8 Å². The van der Waals surface area contributed by atoms with E-state index in [1.165, 1.54) is 17.1 Å². The minimum absolute atomic E-state index is 0.536. The highest BCUT2D eigenvalue weighted by molar-refractivity contribution is 7.03. The van der Waals surface area contributed by atoms with Gasteiger partial charge in [-0.3, -0.25) is 4.90 Å². The molecule has 0 aliphatic carbocycles. The molecule has 100 valence electrons. The maximum atomic E-state index is 5.94. The van der Waals surface area contributed by atoms with Gasteiger partial charge in [0.15, 0.2) is 0 Å². The fourth-order valence-electron chi connectivity index (χ4n) is 2.89. The van der Waals surface area contributed by atoms with Crippen LogP contribution in [0.4, 0.5) is 0 Å². The zero-order valence-electron chi connectivity index (χ0n) is 10.8. The van der Waals surface area contributed by atoms with E-state index in [-0.39, 0.29) is 0 Å². The molecule has 0 bridgehead atoms. The first-order valence-corrected chi connectivity index (χ1v) is 7.44. The number of likely N-dealkylation sites (tertiary alicyclic amines) is 1. The smallest absolute Gasteiger partial charge is 0.0895 e. The fraction of sp³-hybridized carbons (Fsp3) is 0.429. The van der Waals surface area contributed by atoms with Gasteiger partial charge in [-0.25, -0.2) is 0 Å². The number of nitrogens with two attached hydrogens (primary N) is 1. The standard InChI is InChI=1S/C14H18N4S/c15-6-12-7-18(8-13-10-19-17-16-13)9-14(12)11-4-2-1-3-5-11/h1-5,10,12,14H,6-9,15H2/t12-,14+/m1/s1. The predicted molar refractivity (Wildman–Crippen MR) is 76.9 cm³/mol. The van der Waals surface area contributed by atoms with E-state index >= 15 is 0 Å². The summed E-state index contributed by atoms with van der Waals surface area (Å²) in [4.78, 5) is 2.44. The first-order valence-electron chi connectivity index (χ1n) is 6.60. The summed E-state index contributed by atoms with van der Waals surface area (Å²) < 4.78 is 3.92. The van der Waals surface area contributed by atoms with Crippen LogP contribution in [0, 0.1) is 5.92 Å². The molecule has 0 amide bonds. The quantitative estimate of drug-likeness (QED) is 0.922. The molecular formula is C14H18N4S. The first-order chi connectivity index (χ1) is 9.36. The van der Waals surface area contributed by atoms with Crippen molar-refractivity contribution in [3.05, 3.63) is 47.0 Å². The van der Waals surface area contributed by atoms with Crippen molar-refractivity contribution in [2.75, 3.05) is 19.6 Å².